The molecular weight excluding hydrogens is 200 g/mol. The highest BCUT2D eigenvalue weighted by molar-refractivity contribution is 5.18. The monoisotopic (exact) mass is 217 g/mol. The van der Waals surface area contributed by atoms with Gasteiger partial charge in [0.2, 0.25) is 0 Å². The molecule has 5 heteroatoms. The number of nitrogens with two attached hydrogens (primary N) is 1. The molecule has 0 unspecified atom stereocenters. The lowest BCUT2D eigenvalue weighted by atomic mass is 10.1. The Morgan fingerprint density at radius 2 is 2.13 bits per heavy atom. The van der Waals surface area contributed by atoms with Gasteiger partial charge in [0.05, 0.1) is 6.20 Å². The fourth-order valence-corrected chi connectivity index (χ4v) is 1.40. The van der Waals surface area contributed by atoms with Gasteiger partial charge in [0.1, 0.15) is 5.69 Å². The van der Waals surface area contributed by atoms with E-state index in [4.69, 9.17) is 5.73 Å². The minimum absolute atomic E-state index is 0.0295. The summed E-state index contributed by atoms with van der Waals surface area (Å²) < 4.78 is 26.8. The molecular formula is C10H17F2N3. The van der Waals surface area contributed by atoms with Crippen LogP contribution >= 0.6 is 0 Å². The Kier molecular flexibility index (Phi) is 4.20. The molecule has 3 nitrogen and oxygen atoms in total. The summed E-state index contributed by atoms with van der Waals surface area (Å²) in [6.07, 6.45) is -0.231. The highest BCUT2D eigenvalue weighted by Gasteiger charge is 2.18. The number of rotatable bonds is 5. The van der Waals surface area contributed by atoms with E-state index >= 15 is 0 Å². The molecule has 0 aliphatic rings. The quantitative estimate of drug-likeness (QED) is 0.822. The molecule has 0 bridgehead atoms. The van der Waals surface area contributed by atoms with E-state index in [0.717, 1.165) is 6.42 Å². The minimum Gasteiger partial charge on any atom is -0.326 e. The first-order valence-electron chi connectivity index (χ1n) is 5.09. The van der Waals surface area contributed by atoms with Crippen LogP contribution in [0.15, 0.2) is 6.20 Å². The summed E-state index contributed by atoms with van der Waals surface area (Å²) in [4.78, 5) is 0. The molecule has 0 amide bonds. The van der Waals surface area contributed by atoms with Gasteiger partial charge in [0.25, 0.3) is 6.43 Å². The number of hydrogen-bond donors (Lipinski definition) is 1. The molecule has 2 N–H and O–H groups in total. The van der Waals surface area contributed by atoms with Crippen LogP contribution in [-0.4, -0.2) is 9.78 Å². The second-order valence-corrected chi connectivity index (χ2v) is 3.97. The van der Waals surface area contributed by atoms with Gasteiger partial charge in [-0.2, -0.15) is 5.10 Å². The first-order valence-corrected chi connectivity index (χ1v) is 5.09. The minimum atomic E-state index is -2.50. The fraction of sp³-hybridized carbons (Fsp3) is 0.700. The van der Waals surface area contributed by atoms with Crippen molar-refractivity contribution in [2.45, 2.75) is 39.8 Å². The largest absolute Gasteiger partial charge is 0.326 e. The van der Waals surface area contributed by atoms with Crippen molar-refractivity contribution in [3.8, 4) is 0 Å². The van der Waals surface area contributed by atoms with Crippen LogP contribution in [0, 0.1) is 5.92 Å². The lowest BCUT2D eigenvalue weighted by Gasteiger charge is -2.09. The molecule has 0 aliphatic heterocycles. The van der Waals surface area contributed by atoms with Crippen molar-refractivity contribution in [1.29, 1.82) is 0 Å². The average Bonchev–Trinajstić information content (AvgIpc) is 2.57. The summed E-state index contributed by atoms with van der Waals surface area (Å²) in [5.41, 5.74) is 5.78. The van der Waals surface area contributed by atoms with E-state index in [1.165, 1.54) is 10.9 Å². The first kappa shape index (κ1) is 12.1. The maximum atomic E-state index is 12.7. The van der Waals surface area contributed by atoms with Gasteiger partial charge in [-0.25, -0.2) is 8.78 Å². The van der Waals surface area contributed by atoms with E-state index in [9.17, 15) is 8.78 Å². The summed E-state index contributed by atoms with van der Waals surface area (Å²) in [5, 5.41) is 3.94. The third-order valence-electron chi connectivity index (χ3n) is 2.30. The Balaban J connectivity index is 2.82. The fourth-order valence-electron chi connectivity index (χ4n) is 1.40. The van der Waals surface area contributed by atoms with Crippen LogP contribution in [0.25, 0.3) is 0 Å². The molecule has 1 heterocycles. The molecule has 0 saturated carbocycles. The summed E-state index contributed by atoms with van der Waals surface area (Å²) >= 11 is 0. The van der Waals surface area contributed by atoms with E-state index in [1.54, 1.807) is 0 Å². The number of alkyl halides is 2. The maximum absolute atomic E-state index is 12.7. The topological polar surface area (TPSA) is 43.8 Å². The van der Waals surface area contributed by atoms with Crippen LogP contribution in [0.2, 0.25) is 0 Å². The predicted octanol–water partition coefficient (Wildman–Crippen LogP) is 2.33. The zero-order valence-corrected chi connectivity index (χ0v) is 9.08. The number of halogens is 2. The second-order valence-electron chi connectivity index (χ2n) is 3.97. The molecule has 0 saturated heterocycles. The summed E-state index contributed by atoms with van der Waals surface area (Å²) in [6.45, 7) is 4.74. The van der Waals surface area contributed by atoms with E-state index in [-0.39, 0.29) is 12.2 Å². The molecule has 15 heavy (non-hydrogen) atoms. The molecule has 0 atom stereocenters. The van der Waals surface area contributed by atoms with Crippen molar-refractivity contribution in [2.24, 2.45) is 11.7 Å². The Bertz CT molecular complexity index is 308. The van der Waals surface area contributed by atoms with Crippen LogP contribution in [-0.2, 0) is 13.1 Å². The third kappa shape index (κ3) is 2.99. The van der Waals surface area contributed by atoms with Crippen molar-refractivity contribution in [2.75, 3.05) is 0 Å². The average molecular weight is 217 g/mol. The van der Waals surface area contributed by atoms with Gasteiger partial charge in [0, 0.05) is 18.7 Å². The Labute approximate surface area is 88.3 Å². The van der Waals surface area contributed by atoms with Gasteiger partial charge in [-0.05, 0) is 12.3 Å². The van der Waals surface area contributed by atoms with Crippen LogP contribution in [0.5, 0.6) is 0 Å². The van der Waals surface area contributed by atoms with Crippen LogP contribution in [0.1, 0.15) is 38.0 Å². The van der Waals surface area contributed by atoms with Crippen molar-refractivity contribution < 1.29 is 8.78 Å². The molecule has 86 valence electrons. The van der Waals surface area contributed by atoms with E-state index in [2.05, 4.69) is 18.9 Å². The van der Waals surface area contributed by atoms with Gasteiger partial charge in [0.15, 0.2) is 0 Å². The molecule has 0 fully saturated rings. The smallest absolute Gasteiger partial charge is 0.280 e. The highest BCUT2D eigenvalue weighted by Crippen LogP contribution is 2.23. The van der Waals surface area contributed by atoms with Gasteiger partial charge in [-0.15, -0.1) is 0 Å². The van der Waals surface area contributed by atoms with E-state index < -0.39 is 6.43 Å². The molecule has 0 aromatic carbocycles. The van der Waals surface area contributed by atoms with Gasteiger partial charge in [-0.3, -0.25) is 4.68 Å². The normalized spacial score (nSPS) is 11.7. The van der Waals surface area contributed by atoms with E-state index in [1.807, 2.05) is 0 Å². The van der Waals surface area contributed by atoms with Crippen LogP contribution < -0.4 is 5.73 Å². The first-order chi connectivity index (χ1) is 7.06. The zero-order chi connectivity index (χ0) is 11.4. The number of aryl methyl sites for hydroxylation is 1. The Morgan fingerprint density at radius 3 is 2.60 bits per heavy atom. The van der Waals surface area contributed by atoms with Crippen LogP contribution in [0.3, 0.4) is 0 Å². The lowest BCUT2D eigenvalue weighted by molar-refractivity contribution is 0.137. The number of hydrogen-bond acceptors (Lipinski definition) is 2. The molecule has 0 radical (unpaired) electrons. The van der Waals surface area contributed by atoms with Gasteiger partial charge < -0.3 is 5.73 Å². The van der Waals surface area contributed by atoms with E-state index in [0.29, 0.717) is 18.0 Å². The number of aromatic nitrogens is 2. The Hall–Kier alpha value is -0.970. The lowest BCUT2D eigenvalue weighted by Crippen LogP contribution is -2.10. The summed E-state index contributed by atoms with van der Waals surface area (Å²) in [6, 6.07) is 0. The Morgan fingerprint density at radius 1 is 1.47 bits per heavy atom. The van der Waals surface area contributed by atoms with Crippen LogP contribution in [0.4, 0.5) is 8.78 Å². The summed E-state index contributed by atoms with van der Waals surface area (Å²) in [7, 11) is 0. The highest BCUT2D eigenvalue weighted by atomic mass is 19.3. The second kappa shape index (κ2) is 5.21. The van der Waals surface area contributed by atoms with Gasteiger partial charge >= 0.3 is 0 Å². The van der Waals surface area contributed by atoms with Crippen molar-refractivity contribution >= 4 is 0 Å². The third-order valence-corrected chi connectivity index (χ3v) is 2.30. The van der Waals surface area contributed by atoms with Crippen molar-refractivity contribution in [3.63, 3.8) is 0 Å². The number of nitrogens with zero attached hydrogens (tertiary/aromatic N) is 2. The molecule has 1 aromatic rings. The zero-order valence-electron chi connectivity index (χ0n) is 9.08. The van der Waals surface area contributed by atoms with Gasteiger partial charge in [-0.1, -0.05) is 13.8 Å². The molecule has 1 rings (SSSR count). The predicted molar refractivity (Wildman–Crippen MR) is 54.5 cm³/mol. The molecule has 0 aliphatic carbocycles. The molecule has 1 aromatic heterocycles. The maximum Gasteiger partial charge on any atom is 0.280 e. The summed E-state index contributed by atoms with van der Waals surface area (Å²) in [5.74, 6) is 0.473. The SMILES string of the molecule is CC(C)CCn1ncc(CN)c1C(F)F. The molecule has 0 spiro atoms. The van der Waals surface area contributed by atoms with Crippen molar-refractivity contribution in [3.05, 3.63) is 17.5 Å². The van der Waals surface area contributed by atoms with Crippen molar-refractivity contribution in [1.82, 2.24) is 9.78 Å². The standard InChI is InChI=1S/C10H17F2N3/c1-7(2)3-4-15-9(10(11)12)8(5-13)6-14-15/h6-7,10H,3-5,13H2,1-2H3.